The number of hydrogen-bond acceptors (Lipinski definition) is 2. The first-order valence-electron chi connectivity index (χ1n) is 14.7. The second-order valence-corrected chi connectivity index (χ2v) is 2.39. The van der Waals surface area contributed by atoms with E-state index >= 15 is 0 Å². The molecule has 0 spiro atoms. The predicted octanol–water partition coefficient (Wildman–Crippen LogP) is 3.90. The minimum Gasteiger partial charge on any atom is -0.497 e. The highest BCUT2D eigenvalue weighted by molar-refractivity contribution is 5.28. The molecule has 0 saturated carbocycles. The van der Waals surface area contributed by atoms with Crippen molar-refractivity contribution in [2.24, 2.45) is 5.73 Å². The van der Waals surface area contributed by atoms with Crippen molar-refractivity contribution in [2.45, 2.75) is 6.42 Å². The van der Waals surface area contributed by atoms with E-state index in [1.54, 1.807) is 7.11 Å². The summed E-state index contributed by atoms with van der Waals surface area (Å²) in [5.41, 5.74) is 6.64. The van der Waals surface area contributed by atoms with Crippen LogP contribution in [0.2, 0.25) is 0 Å². The Labute approximate surface area is 101 Å². The molecule has 0 saturated heterocycles. The third-order valence-electron chi connectivity index (χ3n) is 1.57. The lowest BCUT2D eigenvalue weighted by molar-refractivity contribution is 0.414. The van der Waals surface area contributed by atoms with Crippen LogP contribution in [0.5, 0.6) is 5.75 Å². The van der Waals surface area contributed by atoms with Gasteiger partial charge in [-0.3, -0.25) is 0 Å². The molecule has 0 aromatic heterocycles. The van der Waals surface area contributed by atoms with Crippen LogP contribution in [0.3, 0.4) is 0 Å². The van der Waals surface area contributed by atoms with Crippen LogP contribution in [-0.2, 0) is 6.42 Å². The SMILES string of the molecule is COc1cccc(CCN)c1.[2H][2H].[2H][2H].[2H][2H].[2H][2H].[2H][2H].[2H][2H].[2H][2H].[2H][2H].[2H][2H].[2H][2H].[2H][2H]. The third kappa shape index (κ3) is 2.24. The smallest absolute Gasteiger partial charge is 0.119 e. The van der Waals surface area contributed by atoms with Crippen LogP contribution in [0.25, 0.3) is 0 Å². The molecule has 1 rings (SSSR count). The summed E-state index contributed by atoms with van der Waals surface area (Å²) in [5, 5.41) is 0. The van der Waals surface area contributed by atoms with Crippen molar-refractivity contribution in [3.05, 3.63) is 29.8 Å². The van der Waals surface area contributed by atoms with E-state index in [0.29, 0.717) is 6.54 Å². The van der Waals surface area contributed by atoms with Gasteiger partial charge in [-0.05, 0) is 30.7 Å². The van der Waals surface area contributed by atoms with Gasteiger partial charge in [0, 0.05) is 32.7 Å². The highest BCUT2D eigenvalue weighted by atomic mass is 16.5. The molecule has 82 valence electrons. The maximum absolute atomic E-state index is 5.41. The Morgan fingerprint density at radius 3 is 3.09 bits per heavy atom. The lowest BCUT2D eigenvalue weighted by Crippen LogP contribution is -2.02. The zero-order valence-corrected chi connectivity index (χ0v) is 6.71. The lowest BCUT2D eigenvalue weighted by Gasteiger charge is -2.01. The average molecular weight is 196 g/mol. The summed E-state index contributed by atoms with van der Waals surface area (Å²) in [7, 11) is 1.67. The Balaban J connectivity index is -0.0000000209. The first kappa shape index (κ1) is 1.83. The van der Waals surface area contributed by atoms with Crippen LogP contribution in [0.15, 0.2) is 24.3 Å². The monoisotopic (exact) mass is 195 g/mol. The number of nitrogens with two attached hydrogens (primary N) is 1. The van der Waals surface area contributed by atoms with Gasteiger partial charge in [0.1, 0.15) is 5.75 Å². The van der Waals surface area contributed by atoms with Gasteiger partial charge < -0.3 is 10.5 Å². The van der Waals surface area contributed by atoms with Crippen molar-refractivity contribution >= 4 is 0 Å². The topological polar surface area (TPSA) is 35.2 Å². The number of rotatable bonds is 3. The molecule has 0 radical (unpaired) electrons. The van der Waals surface area contributed by atoms with Crippen LogP contribution in [0, 0.1) is 0 Å². The fraction of sp³-hybridized carbons (Fsp3) is 0.333. The minimum atomic E-state index is 0.688. The molecule has 2 heteroatoms. The average Bonchev–Trinajstić information content (AvgIpc) is 3.01. The molecule has 0 atom stereocenters. The van der Waals surface area contributed by atoms with Gasteiger partial charge in [-0.2, -0.15) is 0 Å². The molecule has 0 aliphatic carbocycles. The van der Waals surface area contributed by atoms with Gasteiger partial charge in [0.2, 0.25) is 0 Å². The molecule has 1 aromatic rings. The van der Waals surface area contributed by atoms with Crippen molar-refractivity contribution in [1.82, 2.24) is 0 Å². The first-order chi connectivity index (χ1) is 16.4. The standard InChI is InChI=1S/C9H13NO.11H2/c1-11-9-4-2-3-8(7-9)5-6-10;;;;;;;;;;;/h2-4,7H,5-6,10H2,1H3;11*1H/i;11*1+1D. The van der Waals surface area contributed by atoms with E-state index in [4.69, 9.17) is 43.1 Å². The molecule has 2 N–H and O–H groups in total. The minimum absolute atomic E-state index is 0.688. The van der Waals surface area contributed by atoms with Crippen molar-refractivity contribution in [3.63, 3.8) is 0 Å². The molecular formula is C9H35NO. The van der Waals surface area contributed by atoms with E-state index in [2.05, 4.69) is 6.07 Å². The fourth-order valence-electron chi connectivity index (χ4n) is 0.995. The van der Waals surface area contributed by atoms with E-state index in [0.717, 1.165) is 12.2 Å². The van der Waals surface area contributed by atoms with Gasteiger partial charge in [0.15, 0.2) is 0 Å². The van der Waals surface area contributed by atoms with Crippen LogP contribution in [0.4, 0.5) is 0 Å². The number of hydrogen-bond donors (Lipinski definition) is 1. The summed E-state index contributed by atoms with van der Waals surface area (Å²) >= 11 is 0. The summed E-state index contributed by atoms with van der Waals surface area (Å²) in [4.78, 5) is 0. The summed E-state index contributed by atoms with van der Waals surface area (Å²) in [5.74, 6) is 0.899. The van der Waals surface area contributed by atoms with E-state index in [-0.39, 0.29) is 0 Å². The zero-order valence-electron chi connectivity index (χ0n) is 28.7. The summed E-state index contributed by atoms with van der Waals surface area (Å²) in [6, 6.07) is 7.96. The van der Waals surface area contributed by atoms with E-state index in [9.17, 15) is 0 Å². The molecule has 0 unspecified atom stereocenters. The number of ether oxygens (including phenoxy) is 1. The molecule has 0 heterocycles. The Morgan fingerprint density at radius 2 is 2.45 bits per heavy atom. The van der Waals surface area contributed by atoms with Gasteiger partial charge in [-0.1, -0.05) is 12.1 Å². The molecule has 0 fully saturated rings. The van der Waals surface area contributed by atoms with Crippen molar-refractivity contribution < 1.29 is 37.4 Å². The summed E-state index contributed by atoms with van der Waals surface area (Å²) < 4.78 is 115. The van der Waals surface area contributed by atoms with Gasteiger partial charge in [0.25, 0.3) is 0 Å². The van der Waals surface area contributed by atoms with Crippen LogP contribution in [-0.4, -0.2) is 13.7 Å². The quantitative estimate of drug-likeness (QED) is 0.794. The third-order valence-corrected chi connectivity index (χ3v) is 1.57. The molecular weight excluding hydrogens is 138 g/mol. The Morgan fingerprint density at radius 1 is 1.64 bits per heavy atom. The highest BCUT2D eigenvalue weighted by Gasteiger charge is 1.92. The Kier molecular flexibility index (Phi) is 0.662. The van der Waals surface area contributed by atoms with Gasteiger partial charge in [-0.15, -0.1) is 0 Å². The molecule has 0 amide bonds. The van der Waals surface area contributed by atoms with Crippen molar-refractivity contribution in [1.29, 1.82) is 0 Å². The van der Waals surface area contributed by atoms with Crippen LogP contribution in [0.1, 0.15) is 38.2 Å². The van der Waals surface area contributed by atoms with E-state index < -0.39 is 0 Å². The second kappa shape index (κ2) is 3.98. The second-order valence-electron chi connectivity index (χ2n) is 2.39. The van der Waals surface area contributed by atoms with Crippen LogP contribution < -0.4 is 10.5 Å². The number of methoxy groups -OCH3 is 1. The molecule has 2 nitrogen and oxygen atoms in total. The lowest BCUT2D eigenvalue weighted by atomic mass is 10.1. The first-order valence-corrected chi connectivity index (χ1v) is 3.70. The zero-order chi connectivity index (χ0) is 30.1. The van der Waals surface area contributed by atoms with E-state index in [1.165, 1.54) is 5.56 Å². The van der Waals surface area contributed by atoms with Gasteiger partial charge in [0.05, 0.1) is 7.11 Å². The summed E-state index contributed by atoms with van der Waals surface area (Å²) in [6.45, 7) is 0.688. The maximum Gasteiger partial charge on any atom is 0.119 e. The van der Waals surface area contributed by atoms with Gasteiger partial charge >= 0.3 is 0 Å². The predicted molar refractivity (Wildman–Crippen MR) is 69.0 cm³/mol. The van der Waals surface area contributed by atoms with Crippen LogP contribution >= 0.6 is 0 Å². The normalized spacial score (nSPS) is 17.6. The Hall–Kier alpha value is -1.02. The summed E-state index contributed by atoms with van der Waals surface area (Å²) in [6.07, 6.45) is 0.914. The maximum atomic E-state index is 5.41. The molecule has 11 heavy (non-hydrogen) atoms. The Bertz CT molecular complexity index is 253. The molecule has 0 aliphatic rings. The molecule has 0 bridgehead atoms. The van der Waals surface area contributed by atoms with E-state index in [1.807, 2.05) is 18.2 Å². The largest absolute Gasteiger partial charge is 0.497 e. The fourth-order valence-corrected chi connectivity index (χ4v) is 0.995. The molecule has 1 aromatic carbocycles. The highest BCUT2D eigenvalue weighted by Crippen LogP contribution is 2.12. The van der Waals surface area contributed by atoms with Gasteiger partial charge in [-0.25, -0.2) is 0 Å². The number of benzene rings is 1. The molecule has 0 aliphatic heterocycles. The van der Waals surface area contributed by atoms with Crippen molar-refractivity contribution in [2.75, 3.05) is 13.7 Å². The van der Waals surface area contributed by atoms with Crippen molar-refractivity contribution in [3.8, 4) is 5.75 Å².